The molecule has 0 aromatic rings. The van der Waals surface area contributed by atoms with Crippen molar-refractivity contribution in [2.75, 3.05) is 26.2 Å². The predicted octanol–water partition coefficient (Wildman–Crippen LogP) is 1.48. The van der Waals surface area contributed by atoms with E-state index in [-0.39, 0.29) is 5.91 Å². The molecule has 96 valence electrons. The SMILES string of the molecule is CCCC(C#N)C(=O)N1CCN(C(C)C)CC1. The molecule has 0 N–H and O–H groups in total. The maximum Gasteiger partial charge on any atom is 0.240 e. The molecule has 1 aliphatic rings. The Morgan fingerprint density at radius 1 is 1.29 bits per heavy atom. The second kappa shape index (κ2) is 6.61. The Kier molecular flexibility index (Phi) is 5.43. The van der Waals surface area contributed by atoms with E-state index in [1.807, 2.05) is 11.8 Å². The average molecular weight is 237 g/mol. The van der Waals surface area contributed by atoms with Gasteiger partial charge in [-0.15, -0.1) is 0 Å². The molecule has 4 heteroatoms. The van der Waals surface area contributed by atoms with Crippen LogP contribution in [0, 0.1) is 17.2 Å². The summed E-state index contributed by atoms with van der Waals surface area (Å²) < 4.78 is 0. The van der Waals surface area contributed by atoms with Crippen molar-refractivity contribution in [3.8, 4) is 6.07 Å². The van der Waals surface area contributed by atoms with E-state index in [1.54, 1.807) is 0 Å². The first kappa shape index (κ1) is 14.0. The highest BCUT2D eigenvalue weighted by molar-refractivity contribution is 5.81. The van der Waals surface area contributed by atoms with Crippen LogP contribution < -0.4 is 0 Å². The first-order chi connectivity index (χ1) is 8.10. The Morgan fingerprint density at radius 3 is 2.29 bits per heavy atom. The van der Waals surface area contributed by atoms with E-state index in [4.69, 9.17) is 5.26 Å². The number of piperazine rings is 1. The first-order valence-corrected chi connectivity index (χ1v) is 6.52. The van der Waals surface area contributed by atoms with Crippen LogP contribution in [0.25, 0.3) is 0 Å². The van der Waals surface area contributed by atoms with E-state index in [9.17, 15) is 4.79 Å². The van der Waals surface area contributed by atoms with Crippen molar-refractivity contribution in [3.05, 3.63) is 0 Å². The lowest BCUT2D eigenvalue weighted by Gasteiger charge is -2.37. The summed E-state index contributed by atoms with van der Waals surface area (Å²) in [5.41, 5.74) is 0. The Morgan fingerprint density at radius 2 is 1.88 bits per heavy atom. The molecule has 17 heavy (non-hydrogen) atoms. The summed E-state index contributed by atoms with van der Waals surface area (Å²) >= 11 is 0. The van der Waals surface area contributed by atoms with Gasteiger partial charge in [-0.1, -0.05) is 13.3 Å². The topological polar surface area (TPSA) is 47.3 Å². The molecule has 0 radical (unpaired) electrons. The van der Waals surface area contributed by atoms with Gasteiger partial charge in [0, 0.05) is 32.2 Å². The Bertz CT molecular complexity index is 288. The molecule has 1 atom stereocenters. The molecule has 0 bridgehead atoms. The van der Waals surface area contributed by atoms with E-state index < -0.39 is 5.92 Å². The zero-order valence-electron chi connectivity index (χ0n) is 11.1. The quantitative estimate of drug-likeness (QED) is 0.744. The van der Waals surface area contributed by atoms with Gasteiger partial charge in [-0.2, -0.15) is 5.26 Å². The minimum absolute atomic E-state index is 0.0257. The van der Waals surface area contributed by atoms with Gasteiger partial charge in [0.2, 0.25) is 5.91 Å². The summed E-state index contributed by atoms with van der Waals surface area (Å²) in [6.07, 6.45) is 1.57. The van der Waals surface area contributed by atoms with Crippen LogP contribution in [-0.2, 0) is 4.79 Å². The molecule has 0 aliphatic carbocycles. The molecule has 1 unspecified atom stereocenters. The fraction of sp³-hybridized carbons (Fsp3) is 0.846. The third-order valence-electron chi connectivity index (χ3n) is 3.39. The van der Waals surface area contributed by atoms with Gasteiger partial charge in [-0.25, -0.2) is 0 Å². The number of nitrogens with zero attached hydrogens (tertiary/aromatic N) is 3. The van der Waals surface area contributed by atoms with E-state index in [0.29, 0.717) is 12.5 Å². The van der Waals surface area contributed by atoms with E-state index in [1.165, 1.54) is 0 Å². The molecule has 0 aromatic carbocycles. The molecule has 1 rings (SSSR count). The fourth-order valence-electron chi connectivity index (χ4n) is 2.21. The molecule has 1 heterocycles. The summed E-state index contributed by atoms with van der Waals surface area (Å²) in [5.74, 6) is -0.414. The smallest absolute Gasteiger partial charge is 0.240 e. The number of carbonyl (C=O) groups is 1. The zero-order chi connectivity index (χ0) is 12.8. The highest BCUT2D eigenvalue weighted by atomic mass is 16.2. The number of hydrogen-bond donors (Lipinski definition) is 0. The lowest BCUT2D eigenvalue weighted by atomic mass is 10.0. The molecule has 0 saturated carbocycles. The molecule has 0 aromatic heterocycles. The van der Waals surface area contributed by atoms with Crippen LogP contribution in [0.3, 0.4) is 0 Å². The van der Waals surface area contributed by atoms with E-state index >= 15 is 0 Å². The summed E-state index contributed by atoms with van der Waals surface area (Å²) in [6, 6.07) is 2.67. The monoisotopic (exact) mass is 237 g/mol. The van der Waals surface area contributed by atoms with Crippen LogP contribution in [-0.4, -0.2) is 47.9 Å². The fourth-order valence-corrected chi connectivity index (χ4v) is 2.21. The van der Waals surface area contributed by atoms with Gasteiger partial charge in [0.15, 0.2) is 0 Å². The van der Waals surface area contributed by atoms with Crippen molar-refractivity contribution in [3.63, 3.8) is 0 Å². The summed E-state index contributed by atoms with van der Waals surface area (Å²) in [7, 11) is 0. The predicted molar refractivity (Wildman–Crippen MR) is 67.3 cm³/mol. The van der Waals surface area contributed by atoms with Gasteiger partial charge in [0.1, 0.15) is 5.92 Å². The standard InChI is InChI=1S/C13H23N3O/c1-4-5-12(10-14)13(17)16-8-6-15(7-9-16)11(2)3/h11-12H,4-9H2,1-3H3. The number of hydrogen-bond acceptors (Lipinski definition) is 3. The van der Waals surface area contributed by atoms with Crippen LogP contribution in [0.15, 0.2) is 0 Å². The van der Waals surface area contributed by atoms with E-state index in [2.05, 4.69) is 24.8 Å². The highest BCUT2D eigenvalue weighted by Crippen LogP contribution is 2.13. The van der Waals surface area contributed by atoms with Crippen molar-refractivity contribution in [1.29, 1.82) is 5.26 Å². The molecule has 4 nitrogen and oxygen atoms in total. The van der Waals surface area contributed by atoms with Crippen molar-refractivity contribution in [2.24, 2.45) is 5.92 Å². The molecule has 1 saturated heterocycles. The molecular formula is C13H23N3O. The van der Waals surface area contributed by atoms with Gasteiger partial charge in [0.05, 0.1) is 6.07 Å². The number of rotatable bonds is 4. The van der Waals surface area contributed by atoms with E-state index in [0.717, 1.165) is 32.6 Å². The molecule has 1 aliphatic heterocycles. The van der Waals surface area contributed by atoms with Crippen LogP contribution in [0.5, 0.6) is 0 Å². The molecular weight excluding hydrogens is 214 g/mol. The third-order valence-corrected chi connectivity index (χ3v) is 3.39. The van der Waals surface area contributed by atoms with Crippen LogP contribution >= 0.6 is 0 Å². The van der Waals surface area contributed by atoms with Gasteiger partial charge in [-0.05, 0) is 20.3 Å². The maximum absolute atomic E-state index is 12.1. The Labute approximate surface area is 104 Å². The van der Waals surface area contributed by atoms with Crippen LogP contribution in [0.2, 0.25) is 0 Å². The van der Waals surface area contributed by atoms with Crippen LogP contribution in [0.1, 0.15) is 33.6 Å². The second-order valence-electron chi connectivity index (χ2n) is 4.93. The van der Waals surface area contributed by atoms with Crippen molar-refractivity contribution in [2.45, 2.75) is 39.7 Å². The maximum atomic E-state index is 12.1. The molecule has 1 fully saturated rings. The van der Waals surface area contributed by atoms with Crippen molar-refractivity contribution in [1.82, 2.24) is 9.80 Å². The number of carbonyl (C=O) groups excluding carboxylic acids is 1. The summed E-state index contributed by atoms with van der Waals surface area (Å²) in [4.78, 5) is 16.3. The first-order valence-electron chi connectivity index (χ1n) is 6.52. The minimum Gasteiger partial charge on any atom is -0.339 e. The van der Waals surface area contributed by atoms with Crippen molar-refractivity contribution >= 4 is 5.91 Å². The largest absolute Gasteiger partial charge is 0.339 e. The van der Waals surface area contributed by atoms with Gasteiger partial charge >= 0.3 is 0 Å². The van der Waals surface area contributed by atoms with Gasteiger partial charge in [0.25, 0.3) is 0 Å². The average Bonchev–Trinajstić information content (AvgIpc) is 2.35. The van der Waals surface area contributed by atoms with Gasteiger partial charge < -0.3 is 4.90 Å². The van der Waals surface area contributed by atoms with Crippen molar-refractivity contribution < 1.29 is 4.79 Å². The summed E-state index contributed by atoms with van der Waals surface area (Å²) in [5, 5.41) is 8.99. The zero-order valence-corrected chi connectivity index (χ0v) is 11.1. The highest BCUT2D eigenvalue weighted by Gasteiger charge is 2.27. The number of nitriles is 1. The normalized spacial score (nSPS) is 19.1. The molecule has 0 spiro atoms. The lowest BCUT2D eigenvalue weighted by molar-refractivity contribution is -0.136. The Balaban J connectivity index is 2.48. The number of amides is 1. The van der Waals surface area contributed by atoms with Crippen LogP contribution in [0.4, 0.5) is 0 Å². The Hall–Kier alpha value is -1.08. The third kappa shape index (κ3) is 3.71. The van der Waals surface area contributed by atoms with Gasteiger partial charge in [-0.3, -0.25) is 9.69 Å². The minimum atomic E-state index is -0.439. The molecule has 1 amide bonds. The second-order valence-corrected chi connectivity index (χ2v) is 4.93. The lowest BCUT2D eigenvalue weighted by Crippen LogP contribution is -2.51. The summed E-state index contributed by atoms with van der Waals surface area (Å²) in [6.45, 7) is 9.73.